The molecule has 78 valence electrons. The predicted molar refractivity (Wildman–Crippen MR) is 51.5 cm³/mol. The van der Waals surface area contributed by atoms with Gasteiger partial charge in [-0.2, -0.15) is 0 Å². The minimum absolute atomic E-state index is 0.0665. The van der Waals surface area contributed by atoms with Gasteiger partial charge in [-0.1, -0.05) is 0 Å². The van der Waals surface area contributed by atoms with Gasteiger partial charge in [-0.05, 0) is 13.8 Å². The number of aliphatic hydroxyl groups excluding tert-OH is 1. The first-order valence-electron chi connectivity index (χ1n) is 4.87. The van der Waals surface area contributed by atoms with Crippen LogP contribution in [0.2, 0.25) is 0 Å². The van der Waals surface area contributed by atoms with Gasteiger partial charge in [0.05, 0.1) is 18.8 Å². The van der Waals surface area contributed by atoms with E-state index >= 15 is 0 Å². The van der Waals surface area contributed by atoms with Crippen LogP contribution in [0.5, 0.6) is 0 Å². The molecule has 3 atom stereocenters. The Morgan fingerprint density at radius 2 is 2.31 bits per heavy atom. The largest absolute Gasteiger partial charge is 0.392 e. The van der Waals surface area contributed by atoms with Gasteiger partial charge in [-0.3, -0.25) is 4.90 Å². The van der Waals surface area contributed by atoms with E-state index in [1.807, 2.05) is 6.92 Å². The fourth-order valence-corrected chi connectivity index (χ4v) is 1.59. The van der Waals surface area contributed by atoms with Crippen molar-refractivity contribution in [2.45, 2.75) is 32.1 Å². The monoisotopic (exact) mass is 188 g/mol. The number of nitrogens with zero attached hydrogens (tertiary/aromatic N) is 1. The SMILES string of the molecule is CC(N)C1CN(C[C@H](C)O)CCO1. The molecule has 13 heavy (non-hydrogen) atoms. The highest BCUT2D eigenvalue weighted by Crippen LogP contribution is 2.07. The van der Waals surface area contributed by atoms with E-state index in [4.69, 9.17) is 10.5 Å². The predicted octanol–water partition coefficient (Wildman–Crippen LogP) is -0.585. The van der Waals surface area contributed by atoms with Gasteiger partial charge < -0.3 is 15.6 Å². The number of hydrogen-bond donors (Lipinski definition) is 2. The number of rotatable bonds is 3. The number of ether oxygens (including phenoxy) is 1. The Labute approximate surface area is 79.7 Å². The van der Waals surface area contributed by atoms with Crippen molar-refractivity contribution < 1.29 is 9.84 Å². The standard InChI is InChI=1S/C9H20N2O2/c1-7(12)5-11-3-4-13-9(6-11)8(2)10/h7-9,12H,3-6,10H2,1-2H3/t7-,8?,9?/m0/s1. The summed E-state index contributed by atoms with van der Waals surface area (Å²) in [7, 11) is 0. The van der Waals surface area contributed by atoms with Gasteiger partial charge in [-0.15, -0.1) is 0 Å². The molecule has 0 radical (unpaired) electrons. The molecule has 0 bridgehead atoms. The van der Waals surface area contributed by atoms with Crippen molar-refractivity contribution in [1.82, 2.24) is 4.90 Å². The van der Waals surface area contributed by atoms with Crippen LogP contribution < -0.4 is 5.73 Å². The zero-order valence-corrected chi connectivity index (χ0v) is 8.44. The number of β-amino-alcohol motifs (C(OH)–C–C–N with tert-alkyl or cyclic N) is 1. The van der Waals surface area contributed by atoms with E-state index in [0.717, 1.165) is 19.7 Å². The molecular weight excluding hydrogens is 168 g/mol. The van der Waals surface area contributed by atoms with E-state index in [-0.39, 0.29) is 18.2 Å². The summed E-state index contributed by atoms with van der Waals surface area (Å²) in [6.07, 6.45) is -0.153. The van der Waals surface area contributed by atoms with Gasteiger partial charge in [0.2, 0.25) is 0 Å². The van der Waals surface area contributed by atoms with Gasteiger partial charge in [0.15, 0.2) is 0 Å². The van der Waals surface area contributed by atoms with E-state index < -0.39 is 0 Å². The van der Waals surface area contributed by atoms with Gasteiger partial charge in [-0.25, -0.2) is 0 Å². The van der Waals surface area contributed by atoms with Crippen LogP contribution in [0, 0.1) is 0 Å². The van der Waals surface area contributed by atoms with Gasteiger partial charge in [0, 0.05) is 25.7 Å². The molecule has 1 fully saturated rings. The molecule has 0 aromatic carbocycles. The maximum Gasteiger partial charge on any atom is 0.0850 e. The number of aliphatic hydroxyl groups is 1. The maximum absolute atomic E-state index is 9.22. The van der Waals surface area contributed by atoms with Gasteiger partial charge in [0.25, 0.3) is 0 Å². The minimum Gasteiger partial charge on any atom is -0.392 e. The highest BCUT2D eigenvalue weighted by atomic mass is 16.5. The molecule has 0 aromatic rings. The second-order valence-electron chi connectivity index (χ2n) is 3.88. The zero-order valence-electron chi connectivity index (χ0n) is 8.44. The lowest BCUT2D eigenvalue weighted by molar-refractivity contribution is -0.0470. The molecule has 0 aliphatic carbocycles. The van der Waals surface area contributed by atoms with Crippen molar-refractivity contribution in [2.75, 3.05) is 26.2 Å². The first kappa shape index (κ1) is 10.9. The summed E-state index contributed by atoms with van der Waals surface area (Å²) in [4.78, 5) is 2.20. The van der Waals surface area contributed by atoms with E-state index in [2.05, 4.69) is 4.90 Å². The molecule has 0 spiro atoms. The maximum atomic E-state index is 9.22. The van der Waals surface area contributed by atoms with Crippen molar-refractivity contribution in [1.29, 1.82) is 0 Å². The second-order valence-corrected chi connectivity index (χ2v) is 3.88. The number of morpholine rings is 1. The molecule has 1 rings (SSSR count). The Balaban J connectivity index is 2.33. The number of nitrogens with two attached hydrogens (primary N) is 1. The average molecular weight is 188 g/mol. The average Bonchev–Trinajstić information content (AvgIpc) is 2.03. The van der Waals surface area contributed by atoms with Crippen LogP contribution in [0.1, 0.15) is 13.8 Å². The lowest BCUT2D eigenvalue weighted by Gasteiger charge is -2.35. The molecule has 1 aliphatic rings. The van der Waals surface area contributed by atoms with Crippen LogP contribution in [0.3, 0.4) is 0 Å². The molecule has 0 amide bonds. The summed E-state index contributed by atoms with van der Waals surface area (Å²) in [5, 5.41) is 9.22. The van der Waals surface area contributed by atoms with Crippen LogP contribution in [-0.2, 0) is 4.74 Å². The third-order valence-corrected chi connectivity index (χ3v) is 2.29. The van der Waals surface area contributed by atoms with Gasteiger partial charge in [0.1, 0.15) is 0 Å². The fraction of sp³-hybridized carbons (Fsp3) is 1.00. The lowest BCUT2D eigenvalue weighted by Crippen LogP contribution is -2.50. The molecule has 1 heterocycles. The third-order valence-electron chi connectivity index (χ3n) is 2.29. The summed E-state index contributed by atoms with van der Waals surface area (Å²) in [5.41, 5.74) is 5.75. The minimum atomic E-state index is -0.271. The van der Waals surface area contributed by atoms with E-state index in [1.165, 1.54) is 0 Å². The molecular formula is C9H20N2O2. The Kier molecular flexibility index (Phi) is 4.12. The normalized spacial score (nSPS) is 30.0. The highest BCUT2D eigenvalue weighted by molar-refractivity contribution is 4.78. The molecule has 1 saturated heterocycles. The topological polar surface area (TPSA) is 58.7 Å². The summed E-state index contributed by atoms with van der Waals surface area (Å²) < 4.78 is 5.50. The van der Waals surface area contributed by atoms with Crippen LogP contribution in [0.4, 0.5) is 0 Å². The summed E-state index contributed by atoms with van der Waals surface area (Å²) in [6, 6.07) is 0.0665. The first-order chi connectivity index (χ1) is 6.09. The van der Waals surface area contributed by atoms with E-state index in [9.17, 15) is 5.11 Å². The smallest absolute Gasteiger partial charge is 0.0850 e. The lowest BCUT2D eigenvalue weighted by atomic mass is 10.1. The van der Waals surface area contributed by atoms with E-state index in [1.54, 1.807) is 6.92 Å². The van der Waals surface area contributed by atoms with Crippen molar-refractivity contribution >= 4 is 0 Å². The first-order valence-corrected chi connectivity index (χ1v) is 4.87. The molecule has 1 aliphatic heterocycles. The van der Waals surface area contributed by atoms with Crippen LogP contribution in [0.25, 0.3) is 0 Å². The Morgan fingerprint density at radius 1 is 1.62 bits per heavy atom. The van der Waals surface area contributed by atoms with Crippen molar-refractivity contribution in [2.24, 2.45) is 5.73 Å². The molecule has 4 nitrogen and oxygen atoms in total. The Morgan fingerprint density at radius 3 is 2.85 bits per heavy atom. The van der Waals surface area contributed by atoms with E-state index in [0.29, 0.717) is 6.54 Å². The quantitative estimate of drug-likeness (QED) is 0.622. The third kappa shape index (κ3) is 3.60. The van der Waals surface area contributed by atoms with Crippen molar-refractivity contribution in [3.05, 3.63) is 0 Å². The van der Waals surface area contributed by atoms with Crippen LogP contribution >= 0.6 is 0 Å². The summed E-state index contributed by atoms with van der Waals surface area (Å²) >= 11 is 0. The molecule has 0 aromatic heterocycles. The highest BCUT2D eigenvalue weighted by Gasteiger charge is 2.23. The number of hydrogen-bond acceptors (Lipinski definition) is 4. The van der Waals surface area contributed by atoms with Crippen molar-refractivity contribution in [3.63, 3.8) is 0 Å². The summed E-state index contributed by atoms with van der Waals surface area (Å²) in [5.74, 6) is 0. The Hall–Kier alpha value is -0.160. The molecule has 3 N–H and O–H groups in total. The van der Waals surface area contributed by atoms with Crippen LogP contribution in [-0.4, -0.2) is 54.5 Å². The molecule has 2 unspecified atom stereocenters. The van der Waals surface area contributed by atoms with Crippen LogP contribution in [0.15, 0.2) is 0 Å². The molecule has 4 heteroatoms. The van der Waals surface area contributed by atoms with Crippen molar-refractivity contribution in [3.8, 4) is 0 Å². The molecule has 0 saturated carbocycles. The Bertz CT molecular complexity index is 151. The second kappa shape index (κ2) is 4.91. The summed E-state index contributed by atoms with van der Waals surface area (Å²) in [6.45, 7) is 6.93. The van der Waals surface area contributed by atoms with Gasteiger partial charge >= 0.3 is 0 Å². The zero-order chi connectivity index (χ0) is 9.84. The fourth-order valence-electron chi connectivity index (χ4n) is 1.59.